The number of thioether (sulfide) groups is 1. The lowest BCUT2D eigenvalue weighted by Gasteiger charge is -2.17. The zero-order chi connectivity index (χ0) is 17.1. The van der Waals surface area contributed by atoms with E-state index in [0.29, 0.717) is 17.6 Å². The summed E-state index contributed by atoms with van der Waals surface area (Å²) in [6.45, 7) is 7.51. The van der Waals surface area contributed by atoms with E-state index in [1.54, 1.807) is 11.8 Å². The number of carbonyl (C=O) groups is 1. The Balaban J connectivity index is 1.79. The molecule has 1 aliphatic heterocycles. The van der Waals surface area contributed by atoms with E-state index in [9.17, 15) is 4.79 Å². The van der Waals surface area contributed by atoms with Crippen LogP contribution >= 0.6 is 11.8 Å². The molecule has 0 aromatic carbocycles. The molecule has 0 spiro atoms. The lowest BCUT2D eigenvalue weighted by molar-refractivity contribution is 0.0738. The smallest absolute Gasteiger partial charge is 0.293 e. The van der Waals surface area contributed by atoms with Gasteiger partial charge in [0.25, 0.3) is 5.91 Å². The molecule has 0 saturated carbocycles. The summed E-state index contributed by atoms with van der Waals surface area (Å²) in [5.74, 6) is 1.54. The zero-order valence-corrected chi connectivity index (χ0v) is 15.3. The van der Waals surface area contributed by atoms with Crippen molar-refractivity contribution in [2.24, 2.45) is 11.8 Å². The highest BCUT2D eigenvalue weighted by atomic mass is 32.2. The van der Waals surface area contributed by atoms with Gasteiger partial charge in [0.05, 0.1) is 10.6 Å². The van der Waals surface area contributed by atoms with Crippen molar-refractivity contribution < 1.29 is 9.32 Å². The Hall–Kier alpha value is -1.75. The molecule has 2 heterocycles. The van der Waals surface area contributed by atoms with Gasteiger partial charge in [-0.25, -0.2) is 0 Å². The topological polar surface area (TPSA) is 46.3 Å². The number of hydrogen-bond acceptors (Lipinski definition) is 4. The van der Waals surface area contributed by atoms with Crippen molar-refractivity contribution in [3.8, 4) is 0 Å². The van der Waals surface area contributed by atoms with Gasteiger partial charge in [0.1, 0.15) is 0 Å². The monoisotopic (exact) mass is 344 g/mol. The van der Waals surface area contributed by atoms with Crippen LogP contribution < -0.4 is 0 Å². The first kappa shape index (κ1) is 17.1. The molecule has 1 aromatic heterocycles. The van der Waals surface area contributed by atoms with Gasteiger partial charge in [0.2, 0.25) is 5.76 Å². The van der Waals surface area contributed by atoms with Crippen LogP contribution in [-0.2, 0) is 0 Å². The second-order valence-electron chi connectivity index (χ2n) is 6.39. The number of aryl methyl sites for hydroxylation is 1. The van der Waals surface area contributed by atoms with Crippen LogP contribution in [0.3, 0.4) is 0 Å². The van der Waals surface area contributed by atoms with Gasteiger partial charge >= 0.3 is 0 Å². The SMILES string of the molecule is C/C=C\C(=C/C)Sc1c(C)noc1C(=O)N1CC2CC=CCC2C1. The van der Waals surface area contributed by atoms with Crippen LogP contribution in [0.2, 0.25) is 0 Å². The molecule has 2 aliphatic rings. The Morgan fingerprint density at radius 2 is 1.96 bits per heavy atom. The van der Waals surface area contributed by atoms with Crippen LogP contribution in [0.5, 0.6) is 0 Å². The summed E-state index contributed by atoms with van der Waals surface area (Å²) in [4.78, 5) is 16.8. The third kappa shape index (κ3) is 3.36. The lowest BCUT2D eigenvalue weighted by Crippen LogP contribution is -2.29. The fourth-order valence-corrected chi connectivity index (χ4v) is 4.37. The number of carbonyl (C=O) groups excluding carboxylic acids is 1. The Morgan fingerprint density at radius 3 is 2.54 bits per heavy atom. The lowest BCUT2D eigenvalue weighted by atomic mass is 9.86. The zero-order valence-electron chi connectivity index (χ0n) is 14.5. The summed E-state index contributed by atoms with van der Waals surface area (Å²) in [5.41, 5.74) is 0.769. The second kappa shape index (κ2) is 7.43. The number of likely N-dealkylation sites (tertiary alicyclic amines) is 1. The molecule has 1 fully saturated rings. The maximum Gasteiger partial charge on any atom is 0.293 e. The van der Waals surface area contributed by atoms with Crippen molar-refractivity contribution >= 4 is 17.7 Å². The summed E-state index contributed by atoms with van der Waals surface area (Å²) in [6, 6.07) is 0. The maximum atomic E-state index is 13.0. The molecule has 2 atom stereocenters. The van der Waals surface area contributed by atoms with Gasteiger partial charge in [-0.15, -0.1) is 0 Å². The number of amides is 1. The number of rotatable bonds is 4. The molecule has 1 aliphatic carbocycles. The average Bonchev–Trinajstić information content (AvgIpc) is 3.18. The molecular formula is C19H24N2O2S. The van der Waals surface area contributed by atoms with Crippen molar-refractivity contribution in [2.45, 2.75) is 38.5 Å². The molecule has 0 N–H and O–H groups in total. The van der Waals surface area contributed by atoms with Crippen LogP contribution in [0.1, 0.15) is 42.9 Å². The molecule has 128 valence electrons. The standard InChI is InChI=1S/C19H24N2O2S/c1-4-8-16(5-2)24-18-13(3)20-23-17(18)19(22)21-11-14-9-6-7-10-15(14)12-21/h4-8,14-15H,9-12H2,1-3H3/b8-4-,16-5+. The Bertz CT molecular complexity index is 686. The van der Waals surface area contributed by atoms with E-state index in [0.717, 1.165) is 41.4 Å². The number of aromatic nitrogens is 1. The van der Waals surface area contributed by atoms with E-state index in [1.165, 1.54) is 0 Å². The first-order chi connectivity index (χ1) is 11.6. The molecule has 3 rings (SSSR count). The van der Waals surface area contributed by atoms with E-state index in [1.807, 2.05) is 43.9 Å². The average molecular weight is 344 g/mol. The molecule has 5 heteroatoms. The molecule has 0 bridgehead atoms. The number of nitrogens with zero attached hydrogens (tertiary/aromatic N) is 2. The van der Waals surface area contributed by atoms with Crippen LogP contribution in [0.15, 0.2) is 44.7 Å². The summed E-state index contributed by atoms with van der Waals surface area (Å²) >= 11 is 1.54. The largest absolute Gasteiger partial charge is 0.349 e. The Labute approximate surface area is 147 Å². The first-order valence-corrected chi connectivity index (χ1v) is 9.33. The van der Waals surface area contributed by atoms with Gasteiger partial charge in [-0.05, 0) is 45.4 Å². The number of allylic oxidation sites excluding steroid dienone is 5. The third-order valence-electron chi connectivity index (χ3n) is 4.75. The second-order valence-corrected chi connectivity index (χ2v) is 7.48. The van der Waals surface area contributed by atoms with Crippen LogP contribution in [0, 0.1) is 18.8 Å². The van der Waals surface area contributed by atoms with Crippen LogP contribution in [0.25, 0.3) is 0 Å². The van der Waals surface area contributed by atoms with Crippen molar-refractivity contribution in [2.75, 3.05) is 13.1 Å². The van der Waals surface area contributed by atoms with E-state index in [-0.39, 0.29) is 5.91 Å². The summed E-state index contributed by atoms with van der Waals surface area (Å²) < 4.78 is 5.42. The van der Waals surface area contributed by atoms with Gasteiger partial charge in [0.15, 0.2) is 0 Å². The molecule has 4 nitrogen and oxygen atoms in total. The van der Waals surface area contributed by atoms with Crippen molar-refractivity contribution in [3.63, 3.8) is 0 Å². The predicted molar refractivity (Wildman–Crippen MR) is 96.9 cm³/mol. The van der Waals surface area contributed by atoms with Gasteiger partial charge < -0.3 is 9.42 Å². The van der Waals surface area contributed by atoms with Crippen molar-refractivity contribution in [1.29, 1.82) is 0 Å². The van der Waals surface area contributed by atoms with Crippen molar-refractivity contribution in [3.05, 3.63) is 46.7 Å². The fraction of sp³-hybridized carbons (Fsp3) is 0.474. The predicted octanol–water partition coefficient (Wildman–Crippen LogP) is 4.59. The molecular weight excluding hydrogens is 320 g/mol. The minimum Gasteiger partial charge on any atom is -0.349 e. The quantitative estimate of drug-likeness (QED) is 0.455. The molecule has 1 saturated heterocycles. The van der Waals surface area contributed by atoms with Gasteiger partial charge in [-0.3, -0.25) is 4.79 Å². The van der Waals surface area contributed by atoms with E-state index in [4.69, 9.17) is 4.52 Å². The highest BCUT2D eigenvalue weighted by molar-refractivity contribution is 8.03. The van der Waals surface area contributed by atoms with Gasteiger partial charge in [-0.2, -0.15) is 0 Å². The summed E-state index contributed by atoms with van der Waals surface area (Å²) in [7, 11) is 0. The number of hydrogen-bond donors (Lipinski definition) is 0. The van der Waals surface area contributed by atoms with Crippen LogP contribution in [0.4, 0.5) is 0 Å². The van der Waals surface area contributed by atoms with Crippen LogP contribution in [-0.4, -0.2) is 29.1 Å². The number of fused-ring (bicyclic) bond motifs is 1. The molecule has 1 aromatic rings. The third-order valence-corrected chi connectivity index (χ3v) is 6.04. The van der Waals surface area contributed by atoms with E-state index in [2.05, 4.69) is 17.3 Å². The van der Waals surface area contributed by atoms with E-state index >= 15 is 0 Å². The van der Waals surface area contributed by atoms with Gasteiger partial charge in [0, 0.05) is 18.0 Å². The van der Waals surface area contributed by atoms with Crippen molar-refractivity contribution in [1.82, 2.24) is 10.1 Å². The molecule has 1 amide bonds. The molecule has 0 radical (unpaired) electrons. The maximum absolute atomic E-state index is 13.0. The highest BCUT2D eigenvalue weighted by Gasteiger charge is 2.37. The molecule has 24 heavy (non-hydrogen) atoms. The fourth-order valence-electron chi connectivity index (χ4n) is 3.41. The highest BCUT2D eigenvalue weighted by Crippen LogP contribution is 2.37. The van der Waals surface area contributed by atoms with E-state index < -0.39 is 0 Å². The first-order valence-electron chi connectivity index (χ1n) is 8.51. The normalized spacial score (nSPS) is 24.0. The Morgan fingerprint density at radius 1 is 1.29 bits per heavy atom. The summed E-state index contributed by atoms with van der Waals surface area (Å²) in [6.07, 6.45) is 12.7. The molecule has 2 unspecified atom stereocenters. The minimum absolute atomic E-state index is 0.0246. The Kier molecular flexibility index (Phi) is 5.29. The van der Waals surface area contributed by atoms with Gasteiger partial charge in [-0.1, -0.05) is 47.3 Å². The minimum atomic E-state index is -0.0246. The summed E-state index contributed by atoms with van der Waals surface area (Å²) in [5, 5.41) is 4.04.